The van der Waals surface area contributed by atoms with Crippen LogP contribution in [0.1, 0.15) is 71.1 Å². The molecule has 0 saturated carbocycles. The molecule has 0 fully saturated rings. The van der Waals surface area contributed by atoms with E-state index >= 15 is 0 Å². The third-order valence-corrected chi connectivity index (χ3v) is 6.88. The Morgan fingerprint density at radius 1 is 0.684 bits per heavy atom. The van der Waals surface area contributed by atoms with Crippen LogP contribution in [0, 0.1) is 0 Å². The first-order valence-electron chi connectivity index (χ1n) is 8.47. The Bertz CT molecular complexity index is 281. The van der Waals surface area contributed by atoms with Crippen LogP contribution in [0.15, 0.2) is 30.3 Å². The molecular formula is C18H30Ca. The zero-order valence-electron chi connectivity index (χ0n) is 12.9. The van der Waals surface area contributed by atoms with Gasteiger partial charge in [0.2, 0.25) is 0 Å². The van der Waals surface area contributed by atoms with Gasteiger partial charge in [-0.15, -0.1) is 0 Å². The summed E-state index contributed by atoms with van der Waals surface area (Å²) in [6.45, 7) is 2.29. The van der Waals surface area contributed by atoms with Crippen molar-refractivity contribution < 1.29 is 0 Å². The second kappa shape index (κ2) is 13.5. The Hall–Kier alpha value is 0.480. The minimum absolute atomic E-state index is 0.394. The molecule has 0 amide bonds. The first-order valence-corrected chi connectivity index (χ1v) is 11.1. The molecular weight excluding hydrogens is 256 g/mol. The van der Waals surface area contributed by atoms with Crippen molar-refractivity contribution in [1.82, 2.24) is 0 Å². The molecule has 0 N–H and O–H groups in total. The first kappa shape index (κ1) is 17.5. The summed E-state index contributed by atoms with van der Waals surface area (Å²) in [6, 6.07) is 11.2. The summed E-state index contributed by atoms with van der Waals surface area (Å²) in [7, 11) is 0. The Kier molecular flexibility index (Phi) is 12.4. The standard InChI is InChI=1S/C12H25.C6H5.Ca/c1-3-5-7-9-11-12-10-8-6-4-2;1-2-4-6-5-3-1;/h1,3-12H2,2H3;1-5H;. The number of benzene rings is 1. The Balaban J connectivity index is 1.79. The summed E-state index contributed by atoms with van der Waals surface area (Å²) >= 11 is -0.394. The van der Waals surface area contributed by atoms with Gasteiger partial charge in [0.05, 0.1) is 0 Å². The summed E-state index contributed by atoms with van der Waals surface area (Å²) in [4.78, 5) is 0. The monoisotopic (exact) mass is 286 g/mol. The van der Waals surface area contributed by atoms with Gasteiger partial charge in [-0.2, -0.15) is 0 Å². The number of unbranched alkanes of at least 4 members (excludes halogenated alkanes) is 9. The normalized spacial score (nSPS) is 10.4. The fourth-order valence-electron chi connectivity index (χ4n) is 2.64. The van der Waals surface area contributed by atoms with Gasteiger partial charge in [-0.3, -0.25) is 0 Å². The summed E-state index contributed by atoms with van der Waals surface area (Å²) in [5, 5.41) is 0. The van der Waals surface area contributed by atoms with Gasteiger partial charge in [0.25, 0.3) is 0 Å². The van der Waals surface area contributed by atoms with E-state index in [2.05, 4.69) is 37.3 Å². The van der Waals surface area contributed by atoms with Crippen LogP contribution in [-0.2, 0) is 0 Å². The van der Waals surface area contributed by atoms with Crippen LogP contribution in [0.3, 0.4) is 0 Å². The second-order valence-electron chi connectivity index (χ2n) is 5.77. The van der Waals surface area contributed by atoms with Crippen LogP contribution in [0.5, 0.6) is 0 Å². The Morgan fingerprint density at radius 2 is 1.21 bits per heavy atom. The molecule has 0 atom stereocenters. The molecule has 0 heterocycles. The van der Waals surface area contributed by atoms with Crippen LogP contribution >= 0.6 is 0 Å². The molecule has 0 aromatic heterocycles. The molecule has 0 saturated heterocycles. The molecule has 0 nitrogen and oxygen atoms in total. The third-order valence-electron chi connectivity index (χ3n) is 3.91. The van der Waals surface area contributed by atoms with E-state index in [1.807, 2.05) is 0 Å². The summed E-state index contributed by atoms with van der Waals surface area (Å²) in [5.41, 5.74) is 0. The summed E-state index contributed by atoms with van der Waals surface area (Å²) < 4.78 is 3.24. The van der Waals surface area contributed by atoms with Crippen LogP contribution in [0.2, 0.25) is 2.52 Å². The van der Waals surface area contributed by atoms with E-state index in [4.69, 9.17) is 0 Å². The van der Waals surface area contributed by atoms with Crippen molar-refractivity contribution in [3.8, 4) is 0 Å². The molecule has 0 aliphatic heterocycles. The van der Waals surface area contributed by atoms with Gasteiger partial charge < -0.3 is 0 Å². The molecule has 104 valence electrons. The van der Waals surface area contributed by atoms with Gasteiger partial charge in [-0.25, -0.2) is 0 Å². The minimum atomic E-state index is -0.394. The maximum atomic E-state index is 2.33. The Morgan fingerprint density at radius 3 is 1.79 bits per heavy atom. The van der Waals surface area contributed by atoms with E-state index in [9.17, 15) is 0 Å². The molecule has 0 bridgehead atoms. The fourth-order valence-corrected chi connectivity index (χ4v) is 5.16. The average Bonchev–Trinajstić information content (AvgIpc) is 2.46. The molecule has 0 spiro atoms. The van der Waals surface area contributed by atoms with Gasteiger partial charge in [0.15, 0.2) is 0 Å². The van der Waals surface area contributed by atoms with E-state index in [-0.39, 0.29) is 0 Å². The topological polar surface area (TPSA) is 0 Å². The van der Waals surface area contributed by atoms with Gasteiger partial charge in [-0.1, -0.05) is 0 Å². The molecule has 0 aliphatic rings. The predicted octanol–water partition coefficient (Wildman–Crippen LogP) is 5.36. The van der Waals surface area contributed by atoms with Gasteiger partial charge in [0.1, 0.15) is 0 Å². The molecule has 19 heavy (non-hydrogen) atoms. The molecule has 0 aliphatic carbocycles. The zero-order valence-corrected chi connectivity index (χ0v) is 15.1. The van der Waals surface area contributed by atoms with E-state index in [1.165, 1.54) is 64.2 Å². The molecule has 1 heteroatoms. The van der Waals surface area contributed by atoms with Gasteiger partial charge in [-0.05, 0) is 0 Å². The van der Waals surface area contributed by atoms with Crippen molar-refractivity contribution in [1.29, 1.82) is 0 Å². The van der Waals surface area contributed by atoms with Crippen molar-refractivity contribution in [3.05, 3.63) is 30.3 Å². The number of hydrogen-bond donors (Lipinski definition) is 0. The predicted molar refractivity (Wildman–Crippen MR) is 88.5 cm³/mol. The van der Waals surface area contributed by atoms with Gasteiger partial charge >= 0.3 is 139 Å². The van der Waals surface area contributed by atoms with E-state index in [0.717, 1.165) is 0 Å². The summed E-state index contributed by atoms with van der Waals surface area (Å²) in [6.07, 6.45) is 14.6. The maximum absolute atomic E-state index is 2.33. The zero-order chi connectivity index (χ0) is 13.6. The molecule has 0 unspecified atom stereocenters. The molecule has 0 radical (unpaired) electrons. The van der Waals surface area contributed by atoms with Crippen LogP contribution < -0.4 is 1.66 Å². The van der Waals surface area contributed by atoms with Crippen molar-refractivity contribution in [3.63, 3.8) is 0 Å². The van der Waals surface area contributed by atoms with Gasteiger partial charge in [0, 0.05) is 0 Å². The fraction of sp³-hybridized carbons (Fsp3) is 0.667. The van der Waals surface area contributed by atoms with Crippen molar-refractivity contribution >= 4 is 35.5 Å². The van der Waals surface area contributed by atoms with Crippen molar-refractivity contribution in [2.45, 2.75) is 73.6 Å². The SMILES string of the molecule is CCCCCCCCCCC[CH2][Ca][c]1ccccc1. The average molecular weight is 287 g/mol. The third kappa shape index (κ3) is 10.9. The summed E-state index contributed by atoms with van der Waals surface area (Å²) in [5.74, 6) is 0. The number of rotatable bonds is 12. The van der Waals surface area contributed by atoms with E-state index in [1.54, 1.807) is 4.18 Å². The van der Waals surface area contributed by atoms with Crippen LogP contribution in [0.25, 0.3) is 0 Å². The van der Waals surface area contributed by atoms with Crippen LogP contribution in [-0.4, -0.2) is 33.8 Å². The molecule has 1 rings (SSSR count). The number of hydrogen-bond acceptors (Lipinski definition) is 0. The first-order chi connectivity index (χ1) is 9.43. The van der Waals surface area contributed by atoms with E-state index < -0.39 is 33.8 Å². The van der Waals surface area contributed by atoms with E-state index in [0.29, 0.717) is 0 Å². The Labute approximate surface area is 138 Å². The molecule has 1 aromatic carbocycles. The quantitative estimate of drug-likeness (QED) is 0.358. The second-order valence-corrected chi connectivity index (χ2v) is 8.93. The van der Waals surface area contributed by atoms with Crippen LogP contribution in [0.4, 0.5) is 0 Å². The van der Waals surface area contributed by atoms with Crippen molar-refractivity contribution in [2.24, 2.45) is 0 Å². The van der Waals surface area contributed by atoms with Crippen molar-refractivity contribution in [2.75, 3.05) is 0 Å². The molecule has 1 aromatic rings.